The molecule has 1 fully saturated rings. The Morgan fingerprint density at radius 3 is 2.76 bits per heavy atom. The van der Waals surface area contributed by atoms with Gasteiger partial charge in [0.1, 0.15) is 0 Å². The zero-order valence-electron chi connectivity index (χ0n) is 16.6. The lowest BCUT2D eigenvalue weighted by Gasteiger charge is -2.32. The average Bonchev–Trinajstić information content (AvgIpc) is 3.30. The number of amides is 2. The predicted octanol–water partition coefficient (Wildman–Crippen LogP) is 4.88. The van der Waals surface area contributed by atoms with Crippen molar-refractivity contribution in [3.8, 4) is 11.3 Å². The Morgan fingerprint density at radius 1 is 1.17 bits per heavy atom. The molecule has 0 radical (unpaired) electrons. The van der Waals surface area contributed by atoms with Crippen LogP contribution >= 0.6 is 11.3 Å². The van der Waals surface area contributed by atoms with Gasteiger partial charge in [-0.1, -0.05) is 23.8 Å². The number of rotatable bonds is 5. The van der Waals surface area contributed by atoms with Crippen molar-refractivity contribution >= 4 is 28.8 Å². The van der Waals surface area contributed by atoms with E-state index in [-0.39, 0.29) is 17.7 Å². The zero-order valence-corrected chi connectivity index (χ0v) is 17.4. The average molecular weight is 410 g/mol. The number of carbonyl (C=O) groups excluding carboxylic acids is 2. The van der Waals surface area contributed by atoms with Gasteiger partial charge in [0.25, 0.3) is 0 Å². The molecular formula is C23H27N3O2S. The van der Waals surface area contributed by atoms with Crippen molar-refractivity contribution < 1.29 is 9.59 Å². The molecule has 152 valence electrons. The van der Waals surface area contributed by atoms with Gasteiger partial charge in [0.05, 0.1) is 17.1 Å². The normalized spacial score (nSPS) is 19.5. The molecule has 2 heterocycles. The number of allylic oxidation sites excluding steroid dienone is 1. The van der Waals surface area contributed by atoms with Gasteiger partial charge in [-0.25, -0.2) is 4.98 Å². The van der Waals surface area contributed by atoms with Gasteiger partial charge in [-0.05, 0) is 50.7 Å². The van der Waals surface area contributed by atoms with E-state index in [1.165, 1.54) is 18.4 Å². The fourth-order valence-electron chi connectivity index (χ4n) is 4.11. The summed E-state index contributed by atoms with van der Waals surface area (Å²) in [6.07, 6.45) is 9.01. The first-order valence-electron chi connectivity index (χ1n) is 10.4. The van der Waals surface area contributed by atoms with Gasteiger partial charge in [0, 0.05) is 36.1 Å². The summed E-state index contributed by atoms with van der Waals surface area (Å²) in [6.45, 7) is 1.28. The maximum atomic E-state index is 12.8. The lowest BCUT2D eigenvalue weighted by Crippen LogP contribution is -2.43. The summed E-state index contributed by atoms with van der Waals surface area (Å²) in [5.41, 5.74) is 5.85. The maximum Gasteiger partial charge on any atom is 0.229 e. The number of anilines is 1. The molecule has 1 saturated heterocycles. The zero-order chi connectivity index (χ0) is 20.1. The van der Waals surface area contributed by atoms with Crippen LogP contribution in [0.1, 0.15) is 44.9 Å². The quantitative estimate of drug-likeness (QED) is 0.716. The molecule has 1 atom stereocenters. The molecule has 1 aromatic heterocycles. The van der Waals surface area contributed by atoms with Crippen molar-refractivity contribution in [3.63, 3.8) is 0 Å². The second-order valence-electron chi connectivity index (χ2n) is 7.90. The summed E-state index contributed by atoms with van der Waals surface area (Å²) in [5.74, 6) is 0.0234. The molecule has 0 spiro atoms. The summed E-state index contributed by atoms with van der Waals surface area (Å²) < 4.78 is 0. The van der Waals surface area contributed by atoms with Gasteiger partial charge < -0.3 is 10.2 Å². The Labute approximate surface area is 175 Å². The van der Waals surface area contributed by atoms with Gasteiger partial charge in [-0.15, -0.1) is 11.3 Å². The number of thiazole rings is 1. The van der Waals surface area contributed by atoms with Crippen LogP contribution in [-0.4, -0.2) is 34.8 Å². The number of nitrogens with zero attached hydrogens (tertiary/aromatic N) is 2. The van der Waals surface area contributed by atoms with Crippen LogP contribution in [0.2, 0.25) is 0 Å². The van der Waals surface area contributed by atoms with E-state index < -0.39 is 0 Å². The molecule has 2 aromatic rings. The van der Waals surface area contributed by atoms with E-state index in [1.807, 2.05) is 40.1 Å². The van der Waals surface area contributed by atoms with Crippen LogP contribution in [0.3, 0.4) is 0 Å². The van der Waals surface area contributed by atoms with Crippen molar-refractivity contribution in [2.45, 2.75) is 44.9 Å². The fourth-order valence-corrected chi connectivity index (χ4v) is 4.67. The maximum absolute atomic E-state index is 12.8. The van der Waals surface area contributed by atoms with Crippen LogP contribution in [0.25, 0.3) is 11.3 Å². The van der Waals surface area contributed by atoms with Crippen LogP contribution in [0, 0.1) is 5.92 Å². The molecule has 0 saturated carbocycles. The summed E-state index contributed by atoms with van der Waals surface area (Å²) in [5, 5.41) is 5.02. The highest BCUT2D eigenvalue weighted by atomic mass is 32.1. The number of carbonyl (C=O) groups is 2. The van der Waals surface area contributed by atoms with E-state index in [1.54, 1.807) is 11.3 Å². The third-order valence-corrected chi connectivity index (χ3v) is 6.38. The molecule has 6 heteroatoms. The molecule has 1 aromatic carbocycles. The number of nitrogens with one attached hydrogen (secondary N) is 1. The Morgan fingerprint density at radius 2 is 2.03 bits per heavy atom. The Bertz CT molecular complexity index is 874. The number of aromatic nitrogens is 1. The molecule has 5 nitrogen and oxygen atoms in total. The van der Waals surface area contributed by atoms with Crippen molar-refractivity contribution in [1.82, 2.24) is 9.88 Å². The van der Waals surface area contributed by atoms with Crippen LogP contribution in [0.4, 0.5) is 5.69 Å². The first-order valence-corrected chi connectivity index (χ1v) is 11.4. The van der Waals surface area contributed by atoms with E-state index >= 15 is 0 Å². The van der Waals surface area contributed by atoms with Gasteiger partial charge in [0.2, 0.25) is 11.8 Å². The van der Waals surface area contributed by atoms with E-state index in [2.05, 4.69) is 16.4 Å². The largest absolute Gasteiger partial charge is 0.342 e. The monoisotopic (exact) mass is 409 g/mol. The van der Waals surface area contributed by atoms with Crippen LogP contribution in [0.5, 0.6) is 0 Å². The Hall–Kier alpha value is -2.47. The van der Waals surface area contributed by atoms with Gasteiger partial charge in [0.15, 0.2) is 0 Å². The molecule has 1 N–H and O–H groups in total. The highest BCUT2D eigenvalue weighted by Gasteiger charge is 2.28. The summed E-state index contributed by atoms with van der Waals surface area (Å²) in [4.78, 5) is 31.6. The van der Waals surface area contributed by atoms with E-state index in [0.29, 0.717) is 13.0 Å². The standard InChI is InChI=1S/C23H27N3O2S/c27-22(13-17-5-2-1-3-6-17)26-12-4-7-19(14-26)23(28)25-20-10-8-18(9-11-20)21-15-29-16-24-21/h5,8-11,15-16,19H,1-4,6-7,12-14H2,(H,25,28). The number of piperidine rings is 1. The summed E-state index contributed by atoms with van der Waals surface area (Å²) >= 11 is 1.56. The van der Waals surface area contributed by atoms with E-state index in [0.717, 1.165) is 49.2 Å². The predicted molar refractivity (Wildman–Crippen MR) is 117 cm³/mol. The van der Waals surface area contributed by atoms with Gasteiger partial charge >= 0.3 is 0 Å². The SMILES string of the molecule is O=C(Nc1ccc(-c2cscn2)cc1)C1CCCN(C(=O)CC2=CCCCC2)C1. The minimum absolute atomic E-state index is 0.000732. The third-order valence-electron chi connectivity index (χ3n) is 5.79. The van der Waals surface area contributed by atoms with Crippen LogP contribution in [0.15, 0.2) is 46.8 Å². The molecule has 1 aliphatic heterocycles. The first-order chi connectivity index (χ1) is 14.2. The smallest absolute Gasteiger partial charge is 0.229 e. The molecule has 2 aliphatic rings. The van der Waals surface area contributed by atoms with Gasteiger partial charge in [-0.2, -0.15) is 0 Å². The number of hydrogen-bond donors (Lipinski definition) is 1. The molecule has 1 unspecified atom stereocenters. The highest BCUT2D eigenvalue weighted by molar-refractivity contribution is 7.07. The Balaban J connectivity index is 1.32. The van der Waals surface area contributed by atoms with Crippen molar-refractivity contribution in [2.24, 2.45) is 5.92 Å². The molecule has 4 rings (SSSR count). The van der Waals surface area contributed by atoms with Crippen LogP contribution in [-0.2, 0) is 9.59 Å². The summed E-state index contributed by atoms with van der Waals surface area (Å²) in [6, 6.07) is 7.76. The molecule has 2 amide bonds. The van der Waals surface area contributed by atoms with Crippen LogP contribution < -0.4 is 5.32 Å². The number of benzene rings is 1. The van der Waals surface area contributed by atoms with E-state index in [4.69, 9.17) is 0 Å². The lowest BCUT2D eigenvalue weighted by molar-refractivity contribution is -0.134. The lowest BCUT2D eigenvalue weighted by atomic mass is 9.94. The second-order valence-corrected chi connectivity index (χ2v) is 8.62. The molecule has 29 heavy (non-hydrogen) atoms. The third kappa shape index (κ3) is 5.12. The second kappa shape index (κ2) is 9.35. The minimum atomic E-state index is -0.147. The first kappa shape index (κ1) is 19.8. The van der Waals surface area contributed by atoms with Crippen molar-refractivity contribution in [3.05, 3.63) is 46.8 Å². The van der Waals surface area contributed by atoms with Gasteiger partial charge in [-0.3, -0.25) is 9.59 Å². The highest BCUT2D eigenvalue weighted by Crippen LogP contribution is 2.25. The van der Waals surface area contributed by atoms with E-state index in [9.17, 15) is 9.59 Å². The molecular weight excluding hydrogens is 382 g/mol. The number of likely N-dealkylation sites (tertiary alicyclic amines) is 1. The topological polar surface area (TPSA) is 62.3 Å². The molecule has 1 aliphatic carbocycles. The number of hydrogen-bond acceptors (Lipinski definition) is 4. The Kier molecular flexibility index (Phi) is 6.39. The van der Waals surface area contributed by atoms with Crippen molar-refractivity contribution in [1.29, 1.82) is 0 Å². The fraction of sp³-hybridized carbons (Fsp3) is 0.435. The summed E-state index contributed by atoms with van der Waals surface area (Å²) in [7, 11) is 0. The minimum Gasteiger partial charge on any atom is -0.342 e. The van der Waals surface area contributed by atoms with Crippen molar-refractivity contribution in [2.75, 3.05) is 18.4 Å². The molecule has 0 bridgehead atoms.